The molecule has 1 aromatic carbocycles. The number of aromatic nitrogens is 2. The molecule has 0 radical (unpaired) electrons. The van der Waals surface area contributed by atoms with Crippen molar-refractivity contribution in [1.82, 2.24) is 10.1 Å². The predicted octanol–water partition coefficient (Wildman–Crippen LogP) is 3.89. The molecule has 3 rings (SSSR count). The standard InChI is InChI=1S/C14H15ClN2O/c1-10-16-13(18-17-10)14(8-2-3-9-14)11-4-6-12(15)7-5-11/h4-7H,2-3,8-9H2,1H3. The second-order valence-corrected chi connectivity index (χ2v) is 5.38. The number of hydrogen-bond acceptors (Lipinski definition) is 3. The molecule has 1 aromatic heterocycles. The first kappa shape index (κ1) is 11.7. The van der Waals surface area contributed by atoms with Crippen LogP contribution >= 0.6 is 11.6 Å². The molecule has 1 saturated carbocycles. The maximum Gasteiger partial charge on any atom is 0.237 e. The van der Waals surface area contributed by atoms with Crippen LogP contribution in [0.3, 0.4) is 0 Å². The van der Waals surface area contributed by atoms with Gasteiger partial charge in [0.2, 0.25) is 5.89 Å². The second kappa shape index (κ2) is 4.39. The molecule has 1 aliphatic rings. The third-order valence-corrected chi connectivity index (χ3v) is 4.04. The zero-order valence-electron chi connectivity index (χ0n) is 10.3. The Kier molecular flexibility index (Phi) is 2.86. The number of halogens is 1. The van der Waals surface area contributed by atoms with Gasteiger partial charge in [0.15, 0.2) is 5.82 Å². The fourth-order valence-corrected chi connectivity index (χ4v) is 2.99. The van der Waals surface area contributed by atoms with E-state index in [0.29, 0.717) is 5.82 Å². The van der Waals surface area contributed by atoms with Crippen molar-refractivity contribution in [2.75, 3.05) is 0 Å². The first-order valence-electron chi connectivity index (χ1n) is 6.27. The number of aryl methyl sites for hydroxylation is 1. The summed E-state index contributed by atoms with van der Waals surface area (Å²) in [5.41, 5.74) is 1.12. The first-order chi connectivity index (χ1) is 8.71. The fraction of sp³-hybridized carbons (Fsp3) is 0.429. The van der Waals surface area contributed by atoms with E-state index in [0.717, 1.165) is 23.8 Å². The lowest BCUT2D eigenvalue weighted by Gasteiger charge is -2.25. The molecule has 4 heteroatoms. The van der Waals surface area contributed by atoms with E-state index in [1.165, 1.54) is 18.4 Å². The van der Waals surface area contributed by atoms with E-state index in [-0.39, 0.29) is 5.41 Å². The normalized spacial score (nSPS) is 18.1. The van der Waals surface area contributed by atoms with Gasteiger partial charge in [-0.2, -0.15) is 4.98 Å². The van der Waals surface area contributed by atoms with Crippen molar-refractivity contribution in [2.45, 2.75) is 38.0 Å². The van der Waals surface area contributed by atoms with Crippen LogP contribution in [0.15, 0.2) is 28.8 Å². The summed E-state index contributed by atoms with van der Waals surface area (Å²) in [7, 11) is 0. The van der Waals surface area contributed by atoms with E-state index in [1.807, 2.05) is 19.1 Å². The van der Waals surface area contributed by atoms with Crippen LogP contribution in [-0.4, -0.2) is 10.1 Å². The molecule has 1 aliphatic carbocycles. The molecule has 18 heavy (non-hydrogen) atoms. The molecule has 0 atom stereocenters. The van der Waals surface area contributed by atoms with E-state index < -0.39 is 0 Å². The lowest BCUT2D eigenvalue weighted by atomic mass is 9.79. The lowest BCUT2D eigenvalue weighted by molar-refractivity contribution is 0.309. The Morgan fingerprint density at radius 1 is 1.17 bits per heavy atom. The summed E-state index contributed by atoms with van der Waals surface area (Å²) < 4.78 is 5.44. The maximum absolute atomic E-state index is 5.96. The fourth-order valence-electron chi connectivity index (χ4n) is 2.86. The third-order valence-electron chi connectivity index (χ3n) is 3.79. The molecule has 0 amide bonds. The van der Waals surface area contributed by atoms with Gasteiger partial charge in [0.1, 0.15) is 0 Å². The Hall–Kier alpha value is -1.35. The molecule has 1 fully saturated rings. The number of hydrogen-bond donors (Lipinski definition) is 0. The van der Waals surface area contributed by atoms with Gasteiger partial charge in [-0.3, -0.25) is 0 Å². The SMILES string of the molecule is Cc1noc(C2(c3ccc(Cl)cc3)CCCC2)n1. The summed E-state index contributed by atoms with van der Waals surface area (Å²) in [6.45, 7) is 1.86. The Bertz CT molecular complexity index is 541. The predicted molar refractivity (Wildman–Crippen MR) is 69.7 cm³/mol. The van der Waals surface area contributed by atoms with Gasteiger partial charge < -0.3 is 4.52 Å². The van der Waals surface area contributed by atoms with Crippen molar-refractivity contribution >= 4 is 11.6 Å². The van der Waals surface area contributed by atoms with Gasteiger partial charge in [-0.25, -0.2) is 0 Å². The summed E-state index contributed by atoms with van der Waals surface area (Å²) in [5.74, 6) is 1.45. The minimum absolute atomic E-state index is 0.105. The van der Waals surface area contributed by atoms with Gasteiger partial charge in [0, 0.05) is 5.02 Å². The number of rotatable bonds is 2. The third kappa shape index (κ3) is 1.83. The van der Waals surface area contributed by atoms with Crippen molar-refractivity contribution in [1.29, 1.82) is 0 Å². The van der Waals surface area contributed by atoms with E-state index in [1.54, 1.807) is 0 Å². The van der Waals surface area contributed by atoms with Crippen molar-refractivity contribution in [3.63, 3.8) is 0 Å². The number of nitrogens with zero attached hydrogens (tertiary/aromatic N) is 2. The summed E-state index contributed by atoms with van der Waals surface area (Å²) in [5, 5.41) is 4.70. The topological polar surface area (TPSA) is 38.9 Å². The van der Waals surface area contributed by atoms with Crippen molar-refractivity contribution in [3.8, 4) is 0 Å². The zero-order chi connectivity index (χ0) is 12.6. The minimum Gasteiger partial charge on any atom is -0.338 e. The average molecular weight is 263 g/mol. The van der Waals surface area contributed by atoms with Crippen LogP contribution in [0, 0.1) is 6.92 Å². The van der Waals surface area contributed by atoms with Crippen molar-refractivity contribution in [3.05, 3.63) is 46.6 Å². The Labute approximate surface area is 111 Å². The first-order valence-corrected chi connectivity index (χ1v) is 6.65. The molecule has 0 unspecified atom stereocenters. The van der Waals surface area contributed by atoms with Crippen LogP contribution in [0.4, 0.5) is 0 Å². The van der Waals surface area contributed by atoms with Gasteiger partial charge in [0.25, 0.3) is 0 Å². The molecule has 0 N–H and O–H groups in total. The molecular formula is C14H15ClN2O. The Morgan fingerprint density at radius 2 is 1.83 bits per heavy atom. The van der Waals surface area contributed by atoms with Crippen LogP contribution < -0.4 is 0 Å². The molecule has 1 heterocycles. The van der Waals surface area contributed by atoms with E-state index in [4.69, 9.17) is 16.1 Å². The zero-order valence-corrected chi connectivity index (χ0v) is 11.1. The summed E-state index contributed by atoms with van der Waals surface area (Å²) in [4.78, 5) is 4.45. The summed E-state index contributed by atoms with van der Waals surface area (Å²) >= 11 is 5.96. The molecular weight excluding hydrogens is 248 g/mol. The molecule has 3 nitrogen and oxygen atoms in total. The van der Waals surface area contributed by atoms with Crippen LogP contribution in [0.2, 0.25) is 5.02 Å². The highest BCUT2D eigenvalue weighted by atomic mass is 35.5. The monoisotopic (exact) mass is 262 g/mol. The average Bonchev–Trinajstić information content (AvgIpc) is 2.99. The van der Waals surface area contributed by atoms with Gasteiger partial charge in [0.05, 0.1) is 5.41 Å². The summed E-state index contributed by atoms with van der Waals surface area (Å²) in [6, 6.07) is 8.01. The highest BCUT2D eigenvalue weighted by Gasteiger charge is 2.42. The maximum atomic E-state index is 5.96. The largest absolute Gasteiger partial charge is 0.338 e. The van der Waals surface area contributed by atoms with Gasteiger partial charge in [-0.05, 0) is 37.5 Å². The number of benzene rings is 1. The highest BCUT2D eigenvalue weighted by molar-refractivity contribution is 6.30. The summed E-state index contributed by atoms with van der Waals surface area (Å²) in [6.07, 6.45) is 4.53. The van der Waals surface area contributed by atoms with Crippen LogP contribution in [0.5, 0.6) is 0 Å². The molecule has 94 valence electrons. The van der Waals surface area contributed by atoms with Gasteiger partial charge in [-0.1, -0.05) is 41.7 Å². The van der Waals surface area contributed by atoms with Gasteiger partial charge in [-0.15, -0.1) is 0 Å². The Balaban J connectivity index is 2.09. The minimum atomic E-state index is -0.105. The highest BCUT2D eigenvalue weighted by Crippen LogP contribution is 2.45. The Morgan fingerprint density at radius 3 is 2.39 bits per heavy atom. The van der Waals surface area contributed by atoms with Crippen LogP contribution in [-0.2, 0) is 5.41 Å². The van der Waals surface area contributed by atoms with Crippen molar-refractivity contribution in [2.24, 2.45) is 0 Å². The lowest BCUT2D eigenvalue weighted by Crippen LogP contribution is -2.24. The molecule has 0 spiro atoms. The van der Waals surface area contributed by atoms with Gasteiger partial charge >= 0.3 is 0 Å². The van der Waals surface area contributed by atoms with E-state index in [9.17, 15) is 0 Å². The molecule has 2 aromatic rings. The van der Waals surface area contributed by atoms with Crippen molar-refractivity contribution < 1.29 is 4.52 Å². The van der Waals surface area contributed by atoms with E-state index >= 15 is 0 Å². The molecule has 0 bridgehead atoms. The van der Waals surface area contributed by atoms with E-state index in [2.05, 4.69) is 22.3 Å². The molecule has 0 saturated heterocycles. The second-order valence-electron chi connectivity index (χ2n) is 4.94. The quantitative estimate of drug-likeness (QED) is 0.824. The smallest absolute Gasteiger partial charge is 0.237 e. The van der Waals surface area contributed by atoms with Crippen LogP contribution in [0.1, 0.15) is 43.0 Å². The van der Waals surface area contributed by atoms with Crippen LogP contribution in [0.25, 0.3) is 0 Å². The molecule has 0 aliphatic heterocycles.